The molecule has 0 spiro atoms. The molecule has 2 nitrogen and oxygen atoms in total. The molecule has 1 heterocycles. The molecule has 1 aromatic rings. The van der Waals surface area contributed by atoms with E-state index in [9.17, 15) is 0 Å². The molecule has 0 aliphatic carbocycles. The first-order valence-electron chi connectivity index (χ1n) is 5.19. The first kappa shape index (κ1) is 11.8. The van der Waals surface area contributed by atoms with Gasteiger partial charge in [-0.2, -0.15) is 0 Å². The minimum atomic E-state index is -0.204. The summed E-state index contributed by atoms with van der Waals surface area (Å²) in [6, 6.07) is 5.17. The lowest BCUT2D eigenvalue weighted by Crippen LogP contribution is -2.16. The van der Waals surface area contributed by atoms with Gasteiger partial charge in [-0.15, -0.1) is 0 Å². The molecule has 86 valence electrons. The molecule has 1 aliphatic heterocycles. The molecule has 1 aromatic carbocycles. The Bertz CT molecular complexity index is 417. The van der Waals surface area contributed by atoms with Crippen molar-refractivity contribution < 1.29 is 4.74 Å². The second-order valence-electron chi connectivity index (χ2n) is 3.81. The Morgan fingerprint density at radius 1 is 1.31 bits per heavy atom. The van der Waals surface area contributed by atoms with Gasteiger partial charge in [-0.05, 0) is 36.1 Å². The minimum Gasteiger partial charge on any atom is -0.501 e. The van der Waals surface area contributed by atoms with Crippen LogP contribution in [0, 0.1) is 0 Å². The highest BCUT2D eigenvalue weighted by Gasteiger charge is 2.17. The summed E-state index contributed by atoms with van der Waals surface area (Å²) < 4.78 is 5.28. The molecule has 0 amide bonds. The number of nitrogens with two attached hydrogens (primary N) is 1. The molecule has 1 atom stereocenters. The van der Waals surface area contributed by atoms with E-state index in [2.05, 4.69) is 0 Å². The van der Waals surface area contributed by atoms with E-state index in [-0.39, 0.29) is 6.04 Å². The molecule has 0 aromatic heterocycles. The summed E-state index contributed by atoms with van der Waals surface area (Å²) in [5.41, 5.74) is 8.12. The molecule has 2 N–H and O–H groups in total. The quantitative estimate of drug-likeness (QED) is 0.878. The Morgan fingerprint density at radius 3 is 2.75 bits per heavy atom. The van der Waals surface area contributed by atoms with Gasteiger partial charge in [-0.25, -0.2) is 0 Å². The summed E-state index contributed by atoms with van der Waals surface area (Å²) in [6.45, 7) is 0.768. The molecule has 0 bridgehead atoms. The third-order valence-electron chi connectivity index (χ3n) is 2.66. The topological polar surface area (TPSA) is 35.2 Å². The van der Waals surface area contributed by atoms with Crippen molar-refractivity contribution in [2.24, 2.45) is 5.73 Å². The van der Waals surface area contributed by atoms with Crippen LogP contribution in [-0.4, -0.2) is 6.61 Å². The second-order valence-corrected chi connectivity index (χ2v) is 4.65. The van der Waals surface area contributed by atoms with Gasteiger partial charge < -0.3 is 10.5 Å². The van der Waals surface area contributed by atoms with E-state index in [1.165, 1.54) is 0 Å². The smallest absolute Gasteiger partial charge is 0.0876 e. The summed E-state index contributed by atoms with van der Waals surface area (Å²) in [6.07, 6.45) is 3.71. The van der Waals surface area contributed by atoms with Gasteiger partial charge in [0, 0.05) is 10.0 Å². The fraction of sp³-hybridized carbons (Fsp3) is 0.333. The summed E-state index contributed by atoms with van der Waals surface area (Å²) in [5.74, 6) is 0. The van der Waals surface area contributed by atoms with Gasteiger partial charge in [0.25, 0.3) is 0 Å². The van der Waals surface area contributed by atoms with Gasteiger partial charge >= 0.3 is 0 Å². The molecule has 2 rings (SSSR count). The molecular weight excluding hydrogens is 245 g/mol. The summed E-state index contributed by atoms with van der Waals surface area (Å²) >= 11 is 12.0. The van der Waals surface area contributed by atoms with Crippen molar-refractivity contribution in [3.63, 3.8) is 0 Å². The van der Waals surface area contributed by atoms with Crippen molar-refractivity contribution in [2.45, 2.75) is 18.9 Å². The maximum Gasteiger partial charge on any atom is 0.0876 e. The van der Waals surface area contributed by atoms with E-state index in [1.807, 2.05) is 6.07 Å². The van der Waals surface area contributed by atoms with Crippen LogP contribution in [0.25, 0.3) is 0 Å². The van der Waals surface area contributed by atoms with Gasteiger partial charge in [0.2, 0.25) is 0 Å². The molecular formula is C12H13Cl2NO. The molecule has 4 heteroatoms. The van der Waals surface area contributed by atoms with E-state index < -0.39 is 0 Å². The average molecular weight is 258 g/mol. The lowest BCUT2D eigenvalue weighted by Gasteiger charge is -2.20. The lowest BCUT2D eigenvalue weighted by molar-refractivity contribution is 0.221. The first-order valence-corrected chi connectivity index (χ1v) is 5.95. The highest BCUT2D eigenvalue weighted by Crippen LogP contribution is 2.31. The van der Waals surface area contributed by atoms with Crippen molar-refractivity contribution in [3.8, 4) is 0 Å². The van der Waals surface area contributed by atoms with E-state index in [1.54, 1.807) is 18.4 Å². The minimum absolute atomic E-state index is 0.204. The van der Waals surface area contributed by atoms with Gasteiger partial charge in [0.05, 0.1) is 18.9 Å². The number of ether oxygens (including phenoxy) is 1. The van der Waals surface area contributed by atoms with Gasteiger partial charge in [0.15, 0.2) is 0 Å². The molecule has 0 fully saturated rings. The van der Waals surface area contributed by atoms with E-state index >= 15 is 0 Å². The van der Waals surface area contributed by atoms with Gasteiger partial charge in [-0.3, -0.25) is 0 Å². The zero-order chi connectivity index (χ0) is 11.5. The second kappa shape index (κ2) is 5.09. The maximum absolute atomic E-state index is 6.14. The fourth-order valence-corrected chi connectivity index (χ4v) is 2.29. The van der Waals surface area contributed by atoms with Crippen LogP contribution in [0.3, 0.4) is 0 Å². The van der Waals surface area contributed by atoms with Crippen molar-refractivity contribution in [1.29, 1.82) is 0 Å². The third kappa shape index (κ3) is 2.51. The van der Waals surface area contributed by atoms with Crippen LogP contribution in [0.5, 0.6) is 0 Å². The molecule has 16 heavy (non-hydrogen) atoms. The summed E-state index contributed by atoms with van der Waals surface area (Å²) in [5, 5.41) is 1.22. The van der Waals surface area contributed by atoms with Crippen LogP contribution >= 0.6 is 23.2 Å². The largest absolute Gasteiger partial charge is 0.501 e. The molecule has 0 saturated heterocycles. The van der Waals surface area contributed by atoms with E-state index in [0.717, 1.165) is 30.6 Å². The lowest BCUT2D eigenvalue weighted by atomic mass is 9.96. The zero-order valence-electron chi connectivity index (χ0n) is 8.75. The first-order chi connectivity index (χ1) is 7.68. The highest BCUT2D eigenvalue weighted by molar-refractivity contribution is 6.35. The Kier molecular flexibility index (Phi) is 3.74. The molecule has 1 unspecified atom stereocenters. The average Bonchev–Trinajstić information content (AvgIpc) is 2.29. The standard InChI is InChI=1S/C12H13Cl2NO/c13-9-3-4-10(11(14)6-9)12(15)8-2-1-5-16-7-8/h3-4,6-7,12H,1-2,5,15H2. The molecule has 0 radical (unpaired) electrons. The monoisotopic (exact) mass is 257 g/mol. The molecule has 0 saturated carbocycles. The Hall–Kier alpha value is -0.700. The van der Waals surface area contributed by atoms with Crippen molar-refractivity contribution >= 4 is 23.2 Å². The number of halogens is 2. The van der Waals surface area contributed by atoms with Crippen molar-refractivity contribution in [2.75, 3.05) is 6.61 Å². The van der Waals surface area contributed by atoms with Crippen LogP contribution in [0.4, 0.5) is 0 Å². The number of hydrogen-bond acceptors (Lipinski definition) is 2. The number of rotatable bonds is 2. The predicted molar refractivity (Wildman–Crippen MR) is 66.7 cm³/mol. The Labute approximate surface area is 105 Å². The molecule has 1 aliphatic rings. The maximum atomic E-state index is 6.14. The van der Waals surface area contributed by atoms with Crippen molar-refractivity contribution in [3.05, 3.63) is 45.6 Å². The summed E-state index contributed by atoms with van der Waals surface area (Å²) in [7, 11) is 0. The summed E-state index contributed by atoms with van der Waals surface area (Å²) in [4.78, 5) is 0. The fourth-order valence-electron chi connectivity index (χ4n) is 1.77. The zero-order valence-corrected chi connectivity index (χ0v) is 10.3. The normalized spacial score (nSPS) is 17.6. The van der Waals surface area contributed by atoms with Crippen LogP contribution in [0.15, 0.2) is 30.0 Å². The van der Waals surface area contributed by atoms with Gasteiger partial charge in [0.1, 0.15) is 0 Å². The SMILES string of the molecule is NC(C1=COCCC1)c1ccc(Cl)cc1Cl. The predicted octanol–water partition coefficient (Wildman–Crippen LogP) is 3.69. The van der Waals surface area contributed by atoms with Crippen LogP contribution < -0.4 is 5.73 Å². The number of benzene rings is 1. The van der Waals surface area contributed by atoms with Crippen LogP contribution in [-0.2, 0) is 4.74 Å². The van der Waals surface area contributed by atoms with E-state index in [0.29, 0.717) is 10.0 Å². The number of hydrogen-bond donors (Lipinski definition) is 1. The highest BCUT2D eigenvalue weighted by atomic mass is 35.5. The van der Waals surface area contributed by atoms with Crippen LogP contribution in [0.1, 0.15) is 24.4 Å². The van der Waals surface area contributed by atoms with Crippen LogP contribution in [0.2, 0.25) is 10.0 Å². The van der Waals surface area contributed by atoms with E-state index in [4.69, 9.17) is 33.7 Å². The van der Waals surface area contributed by atoms with Gasteiger partial charge in [-0.1, -0.05) is 29.3 Å². The Balaban J connectivity index is 2.26. The Morgan fingerprint density at radius 2 is 2.12 bits per heavy atom. The van der Waals surface area contributed by atoms with Crippen molar-refractivity contribution in [1.82, 2.24) is 0 Å². The third-order valence-corrected chi connectivity index (χ3v) is 3.22.